The van der Waals surface area contributed by atoms with E-state index in [2.05, 4.69) is 15.5 Å². The Labute approximate surface area is 177 Å². The Kier molecular flexibility index (Phi) is 5.76. The predicted molar refractivity (Wildman–Crippen MR) is 117 cm³/mol. The summed E-state index contributed by atoms with van der Waals surface area (Å²) in [7, 11) is 3.17. The zero-order valence-electron chi connectivity index (χ0n) is 16.4. The number of hydrogen-bond acceptors (Lipinski definition) is 7. The van der Waals surface area contributed by atoms with Crippen molar-refractivity contribution in [1.29, 1.82) is 0 Å². The van der Waals surface area contributed by atoms with Gasteiger partial charge in [0, 0.05) is 6.07 Å². The van der Waals surface area contributed by atoms with E-state index in [1.54, 1.807) is 20.3 Å². The second-order valence-electron chi connectivity index (χ2n) is 6.32. The molecule has 0 aliphatic carbocycles. The highest BCUT2D eigenvalue weighted by Gasteiger charge is 2.14. The highest BCUT2D eigenvalue weighted by molar-refractivity contribution is 7.18. The molecule has 1 N–H and O–H groups in total. The number of amides is 1. The molecule has 0 atom stereocenters. The number of methoxy groups -OCH3 is 2. The largest absolute Gasteiger partial charge is 0.497 e. The van der Waals surface area contributed by atoms with Gasteiger partial charge in [-0.05, 0) is 35.0 Å². The zero-order chi connectivity index (χ0) is 20.9. The Bertz CT molecular complexity index is 1190. The topological polar surface area (TPSA) is 82.6 Å². The number of nitrogens with one attached hydrogen (secondary N) is 1. The first-order chi connectivity index (χ1) is 14.7. The van der Waals surface area contributed by atoms with E-state index in [0.29, 0.717) is 27.4 Å². The van der Waals surface area contributed by atoms with Crippen molar-refractivity contribution in [3.8, 4) is 27.8 Å². The number of hydrogen-bond donors (Lipinski definition) is 1. The van der Waals surface area contributed by atoms with Gasteiger partial charge in [0.05, 0.1) is 19.8 Å². The zero-order valence-corrected chi connectivity index (χ0v) is 17.2. The number of aromatic nitrogens is 2. The second-order valence-corrected chi connectivity index (χ2v) is 7.30. The lowest BCUT2D eigenvalue weighted by Gasteiger charge is -2.07. The molecular formula is C22H19N3O4S. The summed E-state index contributed by atoms with van der Waals surface area (Å²) in [4.78, 5) is 12.3. The van der Waals surface area contributed by atoms with Gasteiger partial charge in [-0.15, -0.1) is 10.2 Å². The quantitative estimate of drug-likeness (QED) is 0.476. The van der Waals surface area contributed by atoms with Crippen molar-refractivity contribution in [1.82, 2.24) is 10.2 Å². The third-order valence-corrected chi connectivity index (χ3v) is 5.27. The third-order valence-electron chi connectivity index (χ3n) is 4.40. The molecule has 0 aliphatic rings. The summed E-state index contributed by atoms with van der Waals surface area (Å²) in [6.07, 6.45) is 0. The van der Waals surface area contributed by atoms with Crippen LogP contribution in [0.2, 0.25) is 0 Å². The fraction of sp³-hybridized carbons (Fsp3) is 0.136. The van der Waals surface area contributed by atoms with Crippen LogP contribution in [0.4, 0.5) is 5.13 Å². The summed E-state index contributed by atoms with van der Waals surface area (Å²) in [5, 5.41) is 14.1. The van der Waals surface area contributed by atoms with Crippen LogP contribution < -0.4 is 19.5 Å². The molecule has 0 fully saturated rings. The highest BCUT2D eigenvalue weighted by atomic mass is 32.1. The van der Waals surface area contributed by atoms with E-state index in [4.69, 9.17) is 14.2 Å². The van der Waals surface area contributed by atoms with Crippen molar-refractivity contribution >= 4 is 33.1 Å². The summed E-state index contributed by atoms with van der Waals surface area (Å²) in [5.74, 6) is 1.61. The fourth-order valence-corrected chi connectivity index (χ4v) is 3.71. The van der Waals surface area contributed by atoms with Gasteiger partial charge in [-0.1, -0.05) is 41.7 Å². The molecular weight excluding hydrogens is 402 g/mol. The van der Waals surface area contributed by atoms with E-state index in [1.165, 1.54) is 11.3 Å². The third kappa shape index (κ3) is 4.33. The van der Waals surface area contributed by atoms with Crippen molar-refractivity contribution in [3.63, 3.8) is 0 Å². The van der Waals surface area contributed by atoms with Crippen LogP contribution in [-0.4, -0.2) is 36.9 Å². The van der Waals surface area contributed by atoms with Crippen molar-refractivity contribution in [2.45, 2.75) is 0 Å². The van der Waals surface area contributed by atoms with Crippen molar-refractivity contribution in [2.24, 2.45) is 0 Å². The number of benzene rings is 3. The number of carbonyl (C=O) groups excluding carboxylic acids is 1. The molecule has 0 saturated carbocycles. The number of fused-ring (bicyclic) bond motifs is 1. The molecule has 0 radical (unpaired) electrons. The number of carbonyl (C=O) groups is 1. The summed E-state index contributed by atoms with van der Waals surface area (Å²) in [6.45, 7) is -0.126. The van der Waals surface area contributed by atoms with Crippen molar-refractivity contribution in [2.75, 3.05) is 26.1 Å². The average molecular weight is 421 g/mol. The van der Waals surface area contributed by atoms with Crippen LogP contribution in [0.5, 0.6) is 17.2 Å². The van der Waals surface area contributed by atoms with Crippen LogP contribution in [0.15, 0.2) is 60.7 Å². The molecule has 152 valence electrons. The molecule has 0 unspecified atom stereocenters. The fourth-order valence-electron chi connectivity index (χ4n) is 2.92. The number of ether oxygens (including phenoxy) is 3. The number of nitrogens with zero attached hydrogens (tertiary/aromatic N) is 2. The molecule has 0 aliphatic heterocycles. The molecule has 1 heterocycles. The van der Waals surface area contributed by atoms with E-state index in [1.807, 2.05) is 54.6 Å². The smallest absolute Gasteiger partial charge is 0.264 e. The summed E-state index contributed by atoms with van der Waals surface area (Å²) < 4.78 is 16.2. The normalized spacial score (nSPS) is 10.6. The molecule has 0 bridgehead atoms. The van der Waals surface area contributed by atoms with Gasteiger partial charge in [-0.2, -0.15) is 0 Å². The van der Waals surface area contributed by atoms with Crippen LogP contribution >= 0.6 is 11.3 Å². The van der Waals surface area contributed by atoms with Gasteiger partial charge in [0.2, 0.25) is 5.13 Å². The minimum atomic E-state index is -0.312. The van der Waals surface area contributed by atoms with Gasteiger partial charge in [-0.3, -0.25) is 10.1 Å². The van der Waals surface area contributed by atoms with E-state index in [-0.39, 0.29) is 12.5 Å². The molecule has 1 aromatic heterocycles. The van der Waals surface area contributed by atoms with Gasteiger partial charge in [0.1, 0.15) is 17.2 Å². The van der Waals surface area contributed by atoms with Gasteiger partial charge in [-0.25, -0.2) is 0 Å². The Morgan fingerprint density at radius 3 is 2.53 bits per heavy atom. The van der Waals surface area contributed by atoms with Crippen molar-refractivity contribution < 1.29 is 19.0 Å². The van der Waals surface area contributed by atoms with Crippen LogP contribution in [-0.2, 0) is 4.79 Å². The first kappa shape index (κ1) is 19.7. The Morgan fingerprint density at radius 1 is 0.933 bits per heavy atom. The number of rotatable bonds is 7. The number of anilines is 1. The van der Waals surface area contributed by atoms with Gasteiger partial charge in [0.25, 0.3) is 5.91 Å². The maximum absolute atomic E-state index is 12.3. The van der Waals surface area contributed by atoms with E-state index in [0.717, 1.165) is 16.3 Å². The summed E-state index contributed by atoms with van der Waals surface area (Å²) in [6, 6.07) is 19.1. The molecule has 7 nitrogen and oxygen atoms in total. The molecule has 30 heavy (non-hydrogen) atoms. The molecule has 0 spiro atoms. The SMILES string of the molecule is COc1ccc(-c2nnc(NC(=O)COc3ccc4ccccc4c3)s2)c(OC)c1. The van der Waals surface area contributed by atoms with E-state index < -0.39 is 0 Å². The van der Waals surface area contributed by atoms with Crippen LogP contribution in [0.1, 0.15) is 0 Å². The molecule has 3 aromatic carbocycles. The molecule has 1 amide bonds. The van der Waals surface area contributed by atoms with E-state index in [9.17, 15) is 4.79 Å². The molecule has 4 rings (SSSR count). The van der Waals surface area contributed by atoms with Gasteiger partial charge in [0.15, 0.2) is 11.6 Å². The average Bonchev–Trinajstić information content (AvgIpc) is 3.25. The second kappa shape index (κ2) is 8.79. The minimum Gasteiger partial charge on any atom is -0.497 e. The molecule has 8 heteroatoms. The predicted octanol–water partition coefficient (Wildman–Crippen LogP) is 4.39. The maximum Gasteiger partial charge on any atom is 0.264 e. The molecule has 0 saturated heterocycles. The standard InChI is InChI=1S/C22H19N3O4S/c1-27-16-9-10-18(19(12-16)28-2)21-24-25-22(30-21)23-20(26)13-29-17-8-7-14-5-3-4-6-15(14)11-17/h3-12H,13H2,1-2H3,(H,23,25,26). The Morgan fingerprint density at radius 2 is 1.73 bits per heavy atom. The van der Waals surface area contributed by atoms with Crippen LogP contribution in [0.25, 0.3) is 21.3 Å². The van der Waals surface area contributed by atoms with Gasteiger partial charge < -0.3 is 14.2 Å². The highest BCUT2D eigenvalue weighted by Crippen LogP contribution is 2.35. The first-order valence-electron chi connectivity index (χ1n) is 9.13. The van der Waals surface area contributed by atoms with E-state index >= 15 is 0 Å². The Balaban J connectivity index is 1.40. The molecule has 4 aromatic rings. The monoisotopic (exact) mass is 421 g/mol. The first-order valence-corrected chi connectivity index (χ1v) is 9.95. The minimum absolute atomic E-state index is 0.126. The Hall–Kier alpha value is -3.65. The van der Waals surface area contributed by atoms with Crippen LogP contribution in [0.3, 0.4) is 0 Å². The lowest BCUT2D eigenvalue weighted by Crippen LogP contribution is -2.20. The maximum atomic E-state index is 12.3. The van der Waals surface area contributed by atoms with Gasteiger partial charge >= 0.3 is 0 Å². The lowest BCUT2D eigenvalue weighted by atomic mass is 10.1. The lowest BCUT2D eigenvalue weighted by molar-refractivity contribution is -0.118. The van der Waals surface area contributed by atoms with Crippen molar-refractivity contribution in [3.05, 3.63) is 60.7 Å². The van der Waals surface area contributed by atoms with Crippen LogP contribution in [0, 0.1) is 0 Å². The summed E-state index contributed by atoms with van der Waals surface area (Å²) in [5.41, 5.74) is 0.767. The summed E-state index contributed by atoms with van der Waals surface area (Å²) >= 11 is 1.25.